The molecule has 1 N–H and O–H groups in total. The Morgan fingerprint density at radius 3 is 2.48 bits per heavy atom. The first-order valence-electron chi connectivity index (χ1n) is 9.25. The van der Waals surface area contributed by atoms with Crippen LogP contribution in [0.15, 0.2) is 71.6 Å². The first-order valence-corrected chi connectivity index (χ1v) is 10.7. The highest BCUT2D eigenvalue weighted by Crippen LogP contribution is 2.21. The molecule has 0 radical (unpaired) electrons. The average molecular weight is 405 g/mol. The minimum absolute atomic E-state index is 0.148. The molecule has 1 aliphatic rings. The number of carbonyl (C=O) groups is 1. The maximum atomic E-state index is 12.8. The maximum absolute atomic E-state index is 12.8. The standard InChI is InChI=1S/C22H19N3O3S/c23-14-16-5-7-17(8-6-16)15-25-12-11-21(22(25)26)24-29(27,28)20-10-9-18-3-1-2-4-19(18)13-20/h1-10,13,21,24H,11-12,15H2/t21-/m0/s1. The van der Waals surface area contributed by atoms with E-state index in [2.05, 4.69) is 10.8 Å². The summed E-state index contributed by atoms with van der Waals surface area (Å²) >= 11 is 0. The van der Waals surface area contributed by atoms with Crippen LogP contribution in [0.3, 0.4) is 0 Å². The predicted octanol–water partition coefficient (Wildman–Crippen LogP) is 2.79. The van der Waals surface area contributed by atoms with Crippen molar-refractivity contribution in [1.82, 2.24) is 9.62 Å². The molecule has 146 valence electrons. The maximum Gasteiger partial charge on any atom is 0.241 e. The van der Waals surface area contributed by atoms with Gasteiger partial charge < -0.3 is 4.90 Å². The molecule has 0 spiro atoms. The van der Waals surface area contributed by atoms with E-state index < -0.39 is 16.1 Å². The highest BCUT2D eigenvalue weighted by Gasteiger charge is 2.34. The zero-order valence-electron chi connectivity index (χ0n) is 15.6. The number of nitriles is 1. The highest BCUT2D eigenvalue weighted by molar-refractivity contribution is 7.89. The molecule has 4 rings (SSSR count). The SMILES string of the molecule is N#Cc1ccc(CN2CC[C@H](NS(=O)(=O)c3ccc4ccccc4c3)C2=O)cc1. The van der Waals surface area contributed by atoms with Gasteiger partial charge in [0.15, 0.2) is 0 Å². The normalized spacial score (nSPS) is 16.9. The summed E-state index contributed by atoms with van der Waals surface area (Å²) in [7, 11) is -3.81. The molecule has 1 saturated heterocycles. The minimum atomic E-state index is -3.81. The fraction of sp³-hybridized carbons (Fsp3) is 0.182. The van der Waals surface area contributed by atoms with Crippen molar-refractivity contribution in [2.75, 3.05) is 6.54 Å². The van der Waals surface area contributed by atoms with Gasteiger partial charge in [-0.05, 0) is 47.0 Å². The summed E-state index contributed by atoms with van der Waals surface area (Å²) in [5, 5.41) is 10.7. The smallest absolute Gasteiger partial charge is 0.241 e. The van der Waals surface area contributed by atoms with Crippen LogP contribution >= 0.6 is 0 Å². The first kappa shape index (κ1) is 19.1. The van der Waals surface area contributed by atoms with Gasteiger partial charge in [0.2, 0.25) is 15.9 Å². The van der Waals surface area contributed by atoms with Gasteiger partial charge in [-0.2, -0.15) is 9.98 Å². The molecular formula is C22H19N3O3S. The van der Waals surface area contributed by atoms with Crippen LogP contribution in [0.2, 0.25) is 0 Å². The van der Waals surface area contributed by atoms with Gasteiger partial charge >= 0.3 is 0 Å². The number of hydrogen-bond acceptors (Lipinski definition) is 4. The number of rotatable bonds is 5. The van der Waals surface area contributed by atoms with E-state index in [9.17, 15) is 13.2 Å². The lowest BCUT2D eigenvalue weighted by Gasteiger charge is -2.17. The number of sulfonamides is 1. The highest BCUT2D eigenvalue weighted by atomic mass is 32.2. The molecule has 3 aromatic rings. The largest absolute Gasteiger partial charge is 0.337 e. The first-order chi connectivity index (χ1) is 14.0. The molecule has 1 amide bonds. The summed E-state index contributed by atoms with van der Waals surface area (Å²) in [6.07, 6.45) is 0.419. The molecule has 1 heterocycles. The number of likely N-dealkylation sites (tertiary alicyclic amines) is 1. The van der Waals surface area contributed by atoms with Crippen molar-refractivity contribution in [3.05, 3.63) is 77.9 Å². The monoisotopic (exact) mass is 405 g/mol. The molecule has 0 saturated carbocycles. The van der Waals surface area contributed by atoms with Crippen LogP contribution in [-0.4, -0.2) is 31.8 Å². The van der Waals surface area contributed by atoms with Crippen LogP contribution in [0, 0.1) is 11.3 Å². The van der Waals surface area contributed by atoms with Gasteiger partial charge in [0.25, 0.3) is 0 Å². The molecule has 0 unspecified atom stereocenters. The zero-order chi connectivity index (χ0) is 20.4. The van der Waals surface area contributed by atoms with Crippen molar-refractivity contribution in [2.45, 2.75) is 23.9 Å². The summed E-state index contributed by atoms with van der Waals surface area (Å²) in [4.78, 5) is 14.5. The summed E-state index contributed by atoms with van der Waals surface area (Å²) in [5.74, 6) is -0.237. The van der Waals surface area contributed by atoms with E-state index in [-0.39, 0.29) is 10.8 Å². The van der Waals surface area contributed by atoms with Crippen LogP contribution in [0.1, 0.15) is 17.5 Å². The van der Waals surface area contributed by atoms with E-state index >= 15 is 0 Å². The van der Waals surface area contributed by atoms with E-state index in [1.165, 1.54) is 0 Å². The van der Waals surface area contributed by atoms with Crippen molar-refractivity contribution in [3.63, 3.8) is 0 Å². The lowest BCUT2D eigenvalue weighted by molar-refractivity contribution is -0.129. The number of hydrogen-bond donors (Lipinski definition) is 1. The number of amides is 1. The van der Waals surface area contributed by atoms with Crippen LogP contribution in [0.25, 0.3) is 10.8 Å². The Morgan fingerprint density at radius 1 is 1.03 bits per heavy atom. The Hall–Kier alpha value is -3.21. The quantitative estimate of drug-likeness (QED) is 0.707. The van der Waals surface area contributed by atoms with Gasteiger partial charge in [0.05, 0.1) is 16.5 Å². The topological polar surface area (TPSA) is 90.3 Å². The molecule has 0 bridgehead atoms. The van der Waals surface area contributed by atoms with Gasteiger partial charge in [0.1, 0.15) is 6.04 Å². The van der Waals surface area contributed by atoms with Crippen molar-refractivity contribution in [2.24, 2.45) is 0 Å². The summed E-state index contributed by atoms with van der Waals surface area (Å²) in [5.41, 5.74) is 1.46. The number of carbonyl (C=O) groups excluding carboxylic acids is 1. The van der Waals surface area contributed by atoms with Crippen molar-refractivity contribution >= 4 is 26.7 Å². The molecular weight excluding hydrogens is 386 g/mol. The Balaban J connectivity index is 1.47. The van der Waals surface area contributed by atoms with Crippen molar-refractivity contribution in [1.29, 1.82) is 5.26 Å². The second-order valence-corrected chi connectivity index (χ2v) is 8.75. The average Bonchev–Trinajstić information content (AvgIpc) is 3.07. The molecule has 0 aliphatic carbocycles. The molecule has 6 nitrogen and oxygen atoms in total. The van der Waals surface area contributed by atoms with Crippen molar-refractivity contribution in [3.8, 4) is 6.07 Å². The zero-order valence-corrected chi connectivity index (χ0v) is 16.4. The molecule has 29 heavy (non-hydrogen) atoms. The van der Waals surface area contributed by atoms with E-state index in [1.807, 2.05) is 24.3 Å². The number of fused-ring (bicyclic) bond motifs is 1. The van der Waals surface area contributed by atoms with Crippen LogP contribution in [0.5, 0.6) is 0 Å². The summed E-state index contributed by atoms with van der Waals surface area (Å²) in [6, 6.07) is 20.8. The Bertz CT molecular complexity index is 1210. The molecule has 1 aliphatic heterocycles. The lowest BCUT2D eigenvalue weighted by Crippen LogP contribution is -2.41. The van der Waals surface area contributed by atoms with Gasteiger partial charge in [-0.3, -0.25) is 4.79 Å². The second kappa shape index (κ2) is 7.66. The van der Waals surface area contributed by atoms with Crippen LogP contribution in [0.4, 0.5) is 0 Å². The number of nitrogens with zero attached hydrogens (tertiary/aromatic N) is 2. The van der Waals surface area contributed by atoms with Gasteiger partial charge in [-0.25, -0.2) is 8.42 Å². The van der Waals surface area contributed by atoms with E-state index in [4.69, 9.17) is 5.26 Å². The van der Waals surface area contributed by atoms with E-state index in [1.54, 1.807) is 47.4 Å². The van der Waals surface area contributed by atoms with Crippen LogP contribution in [-0.2, 0) is 21.4 Å². The fourth-order valence-electron chi connectivity index (χ4n) is 3.50. The van der Waals surface area contributed by atoms with E-state index in [0.717, 1.165) is 16.3 Å². The Morgan fingerprint density at radius 2 is 1.76 bits per heavy atom. The van der Waals surface area contributed by atoms with Gasteiger partial charge in [0, 0.05) is 13.1 Å². The fourth-order valence-corrected chi connectivity index (χ4v) is 4.76. The van der Waals surface area contributed by atoms with E-state index in [0.29, 0.717) is 25.1 Å². The lowest BCUT2D eigenvalue weighted by atomic mass is 10.1. The Labute approximate surface area is 169 Å². The van der Waals surface area contributed by atoms with Crippen molar-refractivity contribution < 1.29 is 13.2 Å². The molecule has 1 fully saturated rings. The molecule has 3 aromatic carbocycles. The third-order valence-corrected chi connectivity index (χ3v) is 6.55. The Kier molecular flexibility index (Phi) is 5.05. The summed E-state index contributed by atoms with van der Waals surface area (Å²) < 4.78 is 28.2. The molecule has 1 atom stereocenters. The minimum Gasteiger partial charge on any atom is -0.337 e. The van der Waals surface area contributed by atoms with Gasteiger partial charge in [-0.1, -0.05) is 42.5 Å². The van der Waals surface area contributed by atoms with Gasteiger partial charge in [-0.15, -0.1) is 0 Å². The third kappa shape index (κ3) is 3.99. The van der Waals surface area contributed by atoms with Crippen LogP contribution < -0.4 is 4.72 Å². The summed E-state index contributed by atoms with van der Waals surface area (Å²) in [6.45, 7) is 0.864. The number of benzene rings is 3. The second-order valence-electron chi connectivity index (χ2n) is 7.04. The number of nitrogens with one attached hydrogen (secondary N) is 1. The molecule has 7 heteroatoms. The molecule has 0 aromatic heterocycles. The predicted molar refractivity (Wildman–Crippen MR) is 109 cm³/mol. The third-order valence-electron chi connectivity index (χ3n) is 5.08.